The fraction of sp³-hybridized carbons (Fsp3) is 0.263. The first-order chi connectivity index (χ1) is 11.2. The molecule has 0 radical (unpaired) electrons. The Hall–Kier alpha value is -2.62. The smallest absolute Gasteiger partial charge is 0.340 e. The topological polar surface area (TPSA) is 46.6 Å². The van der Waals surface area contributed by atoms with Crippen LogP contribution in [0.3, 0.4) is 0 Å². The van der Waals surface area contributed by atoms with E-state index in [1.807, 2.05) is 43.3 Å². The van der Waals surface area contributed by atoms with Gasteiger partial charge in [-0.05, 0) is 31.0 Å². The number of ether oxygens (including phenoxy) is 1. The summed E-state index contributed by atoms with van der Waals surface area (Å²) in [7, 11) is 0. The zero-order valence-electron chi connectivity index (χ0n) is 13.1. The Labute approximate surface area is 135 Å². The highest BCUT2D eigenvalue weighted by molar-refractivity contribution is 6.03. The standard InChI is InChI=1S/C19H19NO3/c1-14(15-8-3-2-4-9-15)23-19(22)16-10-5-6-11-17(16)20-13-7-12-18(20)21/h2-6,8-11,14H,7,12-13H2,1H3/t14-/m1/s1. The summed E-state index contributed by atoms with van der Waals surface area (Å²) in [5.41, 5.74) is 2.02. The summed E-state index contributed by atoms with van der Waals surface area (Å²) in [6.45, 7) is 2.49. The van der Waals surface area contributed by atoms with Crippen molar-refractivity contribution in [2.75, 3.05) is 11.4 Å². The van der Waals surface area contributed by atoms with Crippen LogP contribution in [0.25, 0.3) is 0 Å². The van der Waals surface area contributed by atoms with E-state index in [1.165, 1.54) is 0 Å². The summed E-state index contributed by atoms with van der Waals surface area (Å²) in [5.74, 6) is -0.349. The summed E-state index contributed by atoms with van der Waals surface area (Å²) in [6.07, 6.45) is 1.01. The molecule has 1 amide bonds. The molecule has 0 aromatic heterocycles. The lowest BCUT2D eigenvalue weighted by Gasteiger charge is -2.20. The van der Waals surface area contributed by atoms with Crippen LogP contribution >= 0.6 is 0 Å². The normalized spacial score (nSPS) is 15.5. The maximum absolute atomic E-state index is 12.6. The molecule has 3 rings (SSSR count). The van der Waals surface area contributed by atoms with Gasteiger partial charge in [-0.3, -0.25) is 4.79 Å². The quantitative estimate of drug-likeness (QED) is 0.808. The van der Waals surface area contributed by atoms with E-state index in [0.29, 0.717) is 24.2 Å². The van der Waals surface area contributed by atoms with Crippen LogP contribution in [0.1, 0.15) is 41.8 Å². The number of benzene rings is 2. The fourth-order valence-electron chi connectivity index (χ4n) is 2.80. The molecule has 4 heteroatoms. The third kappa shape index (κ3) is 3.26. The number of rotatable bonds is 4. The zero-order chi connectivity index (χ0) is 16.2. The minimum atomic E-state index is -0.406. The molecule has 0 bridgehead atoms. The second-order valence-corrected chi connectivity index (χ2v) is 5.62. The van der Waals surface area contributed by atoms with Gasteiger partial charge in [0.25, 0.3) is 0 Å². The van der Waals surface area contributed by atoms with Crippen molar-refractivity contribution in [3.63, 3.8) is 0 Å². The van der Waals surface area contributed by atoms with Crippen LogP contribution in [-0.4, -0.2) is 18.4 Å². The number of esters is 1. The molecule has 1 saturated heterocycles. The van der Waals surface area contributed by atoms with Crippen LogP contribution in [0.15, 0.2) is 54.6 Å². The minimum Gasteiger partial charge on any atom is -0.454 e. The van der Waals surface area contributed by atoms with Gasteiger partial charge in [-0.25, -0.2) is 4.79 Å². The van der Waals surface area contributed by atoms with Crippen LogP contribution in [-0.2, 0) is 9.53 Å². The van der Waals surface area contributed by atoms with Crippen LogP contribution < -0.4 is 4.90 Å². The summed E-state index contributed by atoms with van der Waals surface area (Å²) in [5, 5.41) is 0. The molecule has 1 fully saturated rings. The number of hydrogen-bond donors (Lipinski definition) is 0. The Bertz CT molecular complexity index is 712. The van der Waals surface area contributed by atoms with Gasteiger partial charge in [0.1, 0.15) is 6.10 Å². The maximum Gasteiger partial charge on any atom is 0.340 e. The predicted octanol–water partition coefficient (Wildman–Crippen LogP) is 3.73. The summed E-state index contributed by atoms with van der Waals surface area (Å²) in [4.78, 5) is 26.2. The number of carbonyl (C=O) groups excluding carboxylic acids is 2. The van der Waals surface area contributed by atoms with Crippen LogP contribution in [0.5, 0.6) is 0 Å². The minimum absolute atomic E-state index is 0.0568. The Morgan fingerprint density at radius 1 is 1.09 bits per heavy atom. The highest BCUT2D eigenvalue weighted by Crippen LogP contribution is 2.27. The van der Waals surface area contributed by atoms with Crippen molar-refractivity contribution in [2.45, 2.75) is 25.9 Å². The number of anilines is 1. The predicted molar refractivity (Wildman–Crippen MR) is 88.3 cm³/mol. The summed E-state index contributed by atoms with van der Waals surface area (Å²) < 4.78 is 5.58. The van der Waals surface area contributed by atoms with E-state index in [2.05, 4.69) is 0 Å². The van der Waals surface area contributed by atoms with E-state index in [0.717, 1.165) is 12.0 Å². The molecule has 0 unspecified atom stereocenters. The van der Waals surface area contributed by atoms with Gasteiger partial charge in [0.05, 0.1) is 11.3 Å². The average Bonchev–Trinajstić information content (AvgIpc) is 3.01. The van der Waals surface area contributed by atoms with Crippen molar-refractivity contribution in [1.82, 2.24) is 0 Å². The van der Waals surface area contributed by atoms with Gasteiger partial charge in [-0.2, -0.15) is 0 Å². The zero-order valence-corrected chi connectivity index (χ0v) is 13.1. The third-order valence-corrected chi connectivity index (χ3v) is 4.04. The van der Waals surface area contributed by atoms with Crippen LogP contribution in [0, 0.1) is 0 Å². The maximum atomic E-state index is 12.6. The van der Waals surface area contributed by atoms with E-state index in [4.69, 9.17) is 4.74 Å². The van der Waals surface area contributed by atoms with E-state index in [-0.39, 0.29) is 12.0 Å². The number of carbonyl (C=O) groups is 2. The molecule has 0 N–H and O–H groups in total. The molecule has 1 aliphatic rings. The third-order valence-electron chi connectivity index (χ3n) is 4.04. The van der Waals surface area contributed by atoms with Crippen molar-refractivity contribution < 1.29 is 14.3 Å². The van der Waals surface area contributed by atoms with E-state index in [1.54, 1.807) is 23.1 Å². The van der Waals surface area contributed by atoms with Crippen LogP contribution in [0.2, 0.25) is 0 Å². The van der Waals surface area contributed by atoms with Gasteiger partial charge in [0.2, 0.25) is 5.91 Å². The van der Waals surface area contributed by atoms with Gasteiger partial charge in [0, 0.05) is 13.0 Å². The number of hydrogen-bond acceptors (Lipinski definition) is 3. The molecule has 2 aromatic rings. The van der Waals surface area contributed by atoms with Crippen molar-refractivity contribution >= 4 is 17.6 Å². The molecular formula is C19H19NO3. The highest BCUT2D eigenvalue weighted by atomic mass is 16.5. The van der Waals surface area contributed by atoms with Gasteiger partial charge >= 0.3 is 5.97 Å². The lowest BCUT2D eigenvalue weighted by molar-refractivity contribution is -0.117. The molecule has 0 aliphatic carbocycles. The number of amides is 1. The summed E-state index contributed by atoms with van der Waals surface area (Å²) in [6, 6.07) is 16.7. The molecule has 23 heavy (non-hydrogen) atoms. The Morgan fingerprint density at radius 3 is 2.48 bits per heavy atom. The van der Waals surface area contributed by atoms with Crippen molar-refractivity contribution in [3.8, 4) is 0 Å². The van der Waals surface area contributed by atoms with Crippen molar-refractivity contribution in [3.05, 3.63) is 65.7 Å². The number of para-hydroxylation sites is 1. The molecule has 2 aromatic carbocycles. The largest absolute Gasteiger partial charge is 0.454 e. The fourth-order valence-corrected chi connectivity index (χ4v) is 2.80. The molecule has 4 nitrogen and oxygen atoms in total. The van der Waals surface area contributed by atoms with Crippen molar-refractivity contribution in [2.24, 2.45) is 0 Å². The van der Waals surface area contributed by atoms with Gasteiger partial charge in [0.15, 0.2) is 0 Å². The molecule has 1 heterocycles. The molecule has 1 aliphatic heterocycles. The summed E-state index contributed by atoms with van der Waals surface area (Å²) >= 11 is 0. The Kier molecular flexibility index (Phi) is 4.42. The molecule has 118 valence electrons. The van der Waals surface area contributed by atoms with Gasteiger partial charge in [-0.1, -0.05) is 42.5 Å². The van der Waals surface area contributed by atoms with E-state index < -0.39 is 5.97 Å². The second kappa shape index (κ2) is 6.65. The average molecular weight is 309 g/mol. The second-order valence-electron chi connectivity index (χ2n) is 5.62. The monoisotopic (exact) mass is 309 g/mol. The van der Waals surface area contributed by atoms with Crippen molar-refractivity contribution in [1.29, 1.82) is 0 Å². The van der Waals surface area contributed by atoms with E-state index in [9.17, 15) is 9.59 Å². The Balaban J connectivity index is 1.81. The molecular weight excluding hydrogens is 290 g/mol. The number of nitrogens with zero attached hydrogens (tertiary/aromatic N) is 1. The lowest BCUT2D eigenvalue weighted by atomic mass is 10.1. The first-order valence-corrected chi connectivity index (χ1v) is 7.82. The first kappa shape index (κ1) is 15.3. The molecule has 0 saturated carbocycles. The molecule has 0 spiro atoms. The molecule has 1 atom stereocenters. The van der Waals surface area contributed by atoms with E-state index >= 15 is 0 Å². The first-order valence-electron chi connectivity index (χ1n) is 7.82. The Morgan fingerprint density at radius 2 is 1.78 bits per heavy atom. The van der Waals surface area contributed by atoms with Gasteiger partial charge in [-0.15, -0.1) is 0 Å². The van der Waals surface area contributed by atoms with Gasteiger partial charge < -0.3 is 9.64 Å². The van der Waals surface area contributed by atoms with Crippen LogP contribution in [0.4, 0.5) is 5.69 Å². The lowest BCUT2D eigenvalue weighted by Crippen LogP contribution is -2.26. The highest BCUT2D eigenvalue weighted by Gasteiger charge is 2.26. The SMILES string of the molecule is C[C@@H](OC(=O)c1ccccc1N1CCCC1=O)c1ccccc1.